The Labute approximate surface area is 109 Å². The number of anilines is 1. The van der Waals surface area contributed by atoms with Gasteiger partial charge in [0.25, 0.3) is 11.7 Å². The van der Waals surface area contributed by atoms with Crippen molar-refractivity contribution in [1.82, 2.24) is 0 Å². The van der Waals surface area contributed by atoms with E-state index in [2.05, 4.69) is 0 Å². The van der Waals surface area contributed by atoms with Crippen LogP contribution in [0.25, 0.3) is 0 Å². The lowest BCUT2D eigenvalue weighted by molar-refractivity contribution is -0.114. The van der Waals surface area contributed by atoms with Gasteiger partial charge in [0.1, 0.15) is 0 Å². The van der Waals surface area contributed by atoms with Gasteiger partial charge in [0.05, 0.1) is 11.3 Å². The first-order valence-corrected chi connectivity index (χ1v) is 7.07. The third-order valence-electron chi connectivity index (χ3n) is 2.66. The lowest BCUT2D eigenvalue weighted by Crippen LogP contribution is -2.30. The molecule has 0 atom stereocenters. The zero-order valence-corrected chi connectivity index (χ0v) is 11.0. The standard InChI is InChI=1S/C12H12ClNO2S/c1-17-6-2-5-14-10-4-3-8(13)7-9(10)11(15)12(14)16/h3-4,7H,2,5-6H2,1H3. The van der Waals surface area contributed by atoms with Gasteiger partial charge in [-0.3, -0.25) is 9.59 Å². The lowest BCUT2D eigenvalue weighted by atomic mass is 10.1. The molecule has 1 aliphatic heterocycles. The molecule has 5 heteroatoms. The summed E-state index contributed by atoms with van der Waals surface area (Å²) in [7, 11) is 0. The van der Waals surface area contributed by atoms with Gasteiger partial charge in [0, 0.05) is 11.6 Å². The molecule has 1 aromatic carbocycles. The van der Waals surface area contributed by atoms with E-state index >= 15 is 0 Å². The number of ketones is 1. The number of rotatable bonds is 4. The van der Waals surface area contributed by atoms with E-state index < -0.39 is 11.7 Å². The van der Waals surface area contributed by atoms with Crippen molar-refractivity contribution < 1.29 is 9.59 Å². The van der Waals surface area contributed by atoms with Crippen molar-refractivity contribution in [2.24, 2.45) is 0 Å². The van der Waals surface area contributed by atoms with Gasteiger partial charge in [0.2, 0.25) is 0 Å². The SMILES string of the molecule is CSCCCN1C(=O)C(=O)c2cc(Cl)ccc21. The average Bonchev–Trinajstić information content (AvgIpc) is 2.54. The predicted octanol–water partition coefficient (Wildman–Crippen LogP) is 2.62. The molecule has 0 N–H and O–H groups in total. The topological polar surface area (TPSA) is 37.4 Å². The highest BCUT2D eigenvalue weighted by atomic mass is 35.5. The Bertz CT molecular complexity index is 476. The van der Waals surface area contributed by atoms with E-state index in [1.807, 2.05) is 6.26 Å². The van der Waals surface area contributed by atoms with Crippen LogP contribution in [0.4, 0.5) is 5.69 Å². The van der Waals surface area contributed by atoms with Gasteiger partial charge in [-0.05, 0) is 36.6 Å². The summed E-state index contributed by atoms with van der Waals surface area (Å²) < 4.78 is 0. The van der Waals surface area contributed by atoms with Gasteiger partial charge < -0.3 is 4.90 Å². The number of hydrogen-bond donors (Lipinski definition) is 0. The highest BCUT2D eigenvalue weighted by Gasteiger charge is 2.35. The molecule has 0 saturated carbocycles. The summed E-state index contributed by atoms with van der Waals surface area (Å²) in [5, 5.41) is 0.482. The number of nitrogens with zero attached hydrogens (tertiary/aromatic N) is 1. The molecule has 0 saturated heterocycles. The number of thioether (sulfide) groups is 1. The van der Waals surface area contributed by atoms with E-state index in [9.17, 15) is 9.59 Å². The van der Waals surface area contributed by atoms with E-state index in [1.54, 1.807) is 34.9 Å². The third-order valence-corrected chi connectivity index (χ3v) is 3.60. The number of amides is 1. The summed E-state index contributed by atoms with van der Waals surface area (Å²) in [5.74, 6) is 0.0796. The van der Waals surface area contributed by atoms with Crippen molar-refractivity contribution in [2.75, 3.05) is 23.5 Å². The molecule has 0 radical (unpaired) electrons. The van der Waals surface area contributed by atoms with Crippen molar-refractivity contribution >= 4 is 40.7 Å². The van der Waals surface area contributed by atoms with E-state index in [-0.39, 0.29) is 0 Å². The first-order chi connectivity index (χ1) is 8.15. The Morgan fingerprint density at radius 2 is 2.12 bits per heavy atom. The summed E-state index contributed by atoms with van der Waals surface area (Å²) in [6.45, 7) is 0.583. The number of carbonyl (C=O) groups excluding carboxylic acids is 2. The van der Waals surface area contributed by atoms with Crippen LogP contribution >= 0.6 is 23.4 Å². The fourth-order valence-corrected chi connectivity index (χ4v) is 2.45. The van der Waals surface area contributed by atoms with Crippen molar-refractivity contribution in [2.45, 2.75) is 6.42 Å². The molecule has 1 aliphatic rings. The van der Waals surface area contributed by atoms with Crippen molar-refractivity contribution in [1.29, 1.82) is 0 Å². The van der Waals surface area contributed by atoms with Crippen LogP contribution in [0.15, 0.2) is 18.2 Å². The Balaban J connectivity index is 2.25. The number of fused-ring (bicyclic) bond motifs is 1. The van der Waals surface area contributed by atoms with Crippen LogP contribution in [-0.2, 0) is 4.79 Å². The van der Waals surface area contributed by atoms with Crippen molar-refractivity contribution in [3.8, 4) is 0 Å². The second-order valence-corrected chi connectivity index (χ2v) is 5.22. The van der Waals surface area contributed by atoms with Gasteiger partial charge in [-0.2, -0.15) is 11.8 Å². The van der Waals surface area contributed by atoms with Crippen LogP contribution in [0.3, 0.4) is 0 Å². The Morgan fingerprint density at radius 3 is 2.82 bits per heavy atom. The minimum atomic E-state index is -0.452. The zero-order valence-electron chi connectivity index (χ0n) is 9.40. The first kappa shape index (κ1) is 12.5. The van der Waals surface area contributed by atoms with Gasteiger partial charge in [-0.15, -0.1) is 0 Å². The minimum Gasteiger partial charge on any atom is -0.305 e. The van der Waals surface area contributed by atoms with E-state index in [1.165, 1.54) is 0 Å². The highest BCUT2D eigenvalue weighted by molar-refractivity contribution is 7.98. The van der Waals surface area contributed by atoms with Crippen LogP contribution < -0.4 is 4.90 Å². The number of carbonyl (C=O) groups is 2. The van der Waals surface area contributed by atoms with Gasteiger partial charge >= 0.3 is 0 Å². The zero-order chi connectivity index (χ0) is 12.4. The predicted molar refractivity (Wildman–Crippen MR) is 71.1 cm³/mol. The fourth-order valence-electron chi connectivity index (χ4n) is 1.86. The molecule has 0 fully saturated rings. The van der Waals surface area contributed by atoms with Crippen molar-refractivity contribution in [3.05, 3.63) is 28.8 Å². The van der Waals surface area contributed by atoms with Crippen LogP contribution in [0.2, 0.25) is 5.02 Å². The molecule has 1 heterocycles. The second-order valence-electron chi connectivity index (χ2n) is 3.79. The molecule has 3 nitrogen and oxygen atoms in total. The maximum atomic E-state index is 11.8. The molecule has 0 bridgehead atoms. The normalized spacial score (nSPS) is 14.4. The Hall–Kier alpha value is -1.00. The third kappa shape index (κ3) is 2.33. The second kappa shape index (κ2) is 5.10. The van der Waals surface area contributed by atoms with Crippen LogP contribution in [-0.4, -0.2) is 30.2 Å². The molecule has 0 spiro atoms. The smallest absolute Gasteiger partial charge is 0.299 e. The quantitative estimate of drug-likeness (QED) is 0.623. The molecule has 90 valence electrons. The minimum absolute atomic E-state index is 0.423. The fraction of sp³-hybridized carbons (Fsp3) is 0.333. The molecule has 0 aromatic heterocycles. The molecule has 0 aliphatic carbocycles. The summed E-state index contributed by atoms with van der Waals surface area (Å²) >= 11 is 7.55. The van der Waals surface area contributed by atoms with Gasteiger partial charge in [-0.25, -0.2) is 0 Å². The molecule has 1 amide bonds. The number of Topliss-reactive ketones (excluding diaryl/α,β-unsaturated/α-hetero) is 1. The lowest BCUT2D eigenvalue weighted by Gasteiger charge is -2.15. The first-order valence-electron chi connectivity index (χ1n) is 5.30. The number of benzene rings is 1. The van der Waals surface area contributed by atoms with E-state index in [4.69, 9.17) is 11.6 Å². The van der Waals surface area contributed by atoms with Crippen LogP contribution in [0.5, 0.6) is 0 Å². The van der Waals surface area contributed by atoms with E-state index in [0.717, 1.165) is 12.2 Å². The number of hydrogen-bond acceptors (Lipinski definition) is 3. The highest BCUT2D eigenvalue weighted by Crippen LogP contribution is 2.31. The summed E-state index contributed by atoms with van der Waals surface area (Å²) in [6.07, 6.45) is 2.90. The summed E-state index contributed by atoms with van der Waals surface area (Å²) in [4.78, 5) is 25.1. The summed E-state index contributed by atoms with van der Waals surface area (Å²) in [6, 6.07) is 5.00. The molecular formula is C12H12ClNO2S. The monoisotopic (exact) mass is 269 g/mol. The van der Waals surface area contributed by atoms with Crippen LogP contribution in [0, 0.1) is 0 Å². The maximum Gasteiger partial charge on any atom is 0.299 e. The largest absolute Gasteiger partial charge is 0.305 e. The van der Waals surface area contributed by atoms with Gasteiger partial charge in [0.15, 0.2) is 0 Å². The van der Waals surface area contributed by atoms with E-state index in [0.29, 0.717) is 22.8 Å². The molecule has 1 aromatic rings. The Morgan fingerprint density at radius 1 is 1.35 bits per heavy atom. The maximum absolute atomic E-state index is 11.8. The van der Waals surface area contributed by atoms with Crippen LogP contribution in [0.1, 0.15) is 16.8 Å². The Kier molecular flexibility index (Phi) is 3.74. The van der Waals surface area contributed by atoms with Gasteiger partial charge in [-0.1, -0.05) is 11.6 Å². The molecular weight excluding hydrogens is 258 g/mol. The molecule has 2 rings (SSSR count). The number of halogens is 1. The molecule has 0 unspecified atom stereocenters. The van der Waals surface area contributed by atoms with Crippen molar-refractivity contribution in [3.63, 3.8) is 0 Å². The molecule has 17 heavy (non-hydrogen) atoms. The summed E-state index contributed by atoms with van der Waals surface area (Å²) in [5.41, 5.74) is 1.11. The average molecular weight is 270 g/mol.